The largest absolute Gasteiger partial charge is 0.476 e. The zero-order chi connectivity index (χ0) is 28.9. The molecule has 7 unspecified atom stereocenters. The summed E-state index contributed by atoms with van der Waals surface area (Å²) in [6, 6.07) is -1.57. The fourth-order valence-electron chi connectivity index (χ4n) is 5.31. The summed E-state index contributed by atoms with van der Waals surface area (Å²) >= 11 is 0. The van der Waals surface area contributed by atoms with Crippen LogP contribution in [0.15, 0.2) is 6.33 Å². The molecule has 1 aliphatic heterocycles. The molecule has 39 heavy (non-hydrogen) atoms. The number of rotatable bonds is 12. The Morgan fingerprint density at radius 3 is 2.59 bits per heavy atom. The first-order valence-electron chi connectivity index (χ1n) is 13.1. The molecule has 2 fully saturated rings. The van der Waals surface area contributed by atoms with Crippen LogP contribution >= 0.6 is 7.52 Å². The van der Waals surface area contributed by atoms with Crippen molar-refractivity contribution in [3.05, 3.63) is 6.33 Å². The molecule has 2 aromatic heterocycles. The highest BCUT2D eigenvalue weighted by Gasteiger charge is 2.85. The molecule has 14 nitrogen and oxygen atoms in total. The normalized spacial score (nSPS) is 30.4. The van der Waals surface area contributed by atoms with Gasteiger partial charge in [-0.25, -0.2) is 10.1 Å². The third-order valence-corrected chi connectivity index (χ3v) is 8.46. The summed E-state index contributed by atoms with van der Waals surface area (Å²) < 4.78 is 37.3. The van der Waals surface area contributed by atoms with Gasteiger partial charge < -0.3 is 39.2 Å². The Morgan fingerprint density at radius 1 is 1.33 bits per heavy atom. The molecule has 7 atom stereocenters. The van der Waals surface area contributed by atoms with Gasteiger partial charge in [-0.05, 0) is 40.0 Å². The predicted octanol–water partition coefficient (Wildman–Crippen LogP) is 1.41. The van der Waals surface area contributed by atoms with E-state index >= 15 is 0 Å². The smallest absolute Gasteiger partial charge is 0.323 e. The number of nitrogen functional groups attached to an aromatic ring is 1. The minimum Gasteiger partial charge on any atom is -0.476 e. The van der Waals surface area contributed by atoms with Gasteiger partial charge in [0.2, 0.25) is 11.8 Å². The number of nitrogens with two attached hydrogens (primary N) is 1. The third-order valence-electron chi connectivity index (χ3n) is 7.03. The average molecular weight is 571 g/mol. The second kappa shape index (κ2) is 10.6. The van der Waals surface area contributed by atoms with Crippen LogP contribution in [0.5, 0.6) is 5.88 Å². The van der Waals surface area contributed by atoms with Gasteiger partial charge in [0.25, 0.3) is 7.52 Å². The number of esters is 1. The summed E-state index contributed by atoms with van der Waals surface area (Å²) in [7, 11) is -3.53. The molecule has 5 N–H and O–H groups in total. The highest BCUT2D eigenvalue weighted by atomic mass is 31.2. The maximum atomic E-state index is 13.2. The van der Waals surface area contributed by atoms with Crippen LogP contribution in [0.3, 0.4) is 0 Å². The molecule has 4 rings (SSSR count). The standard InChI is InChI=1S/C24H39N6O8P/c1-8-35-19-16-18(27-22(25)28-19)30(11-26-16)21-23(6)24(21,33)17(31)15(38-23)10-36-39(7,34)29-14(9-12(2)3)20(32)37-13(4)5/h11-15,17,21,31,33H,8-10H2,1-7H3,(H,29,34)(H2,25,27,28). The summed E-state index contributed by atoms with van der Waals surface area (Å²) in [6.45, 7) is 12.2. The predicted molar refractivity (Wildman–Crippen MR) is 141 cm³/mol. The maximum absolute atomic E-state index is 13.2. The Bertz CT molecular complexity index is 1270. The molecule has 218 valence electrons. The van der Waals surface area contributed by atoms with E-state index < -0.39 is 49.0 Å². The van der Waals surface area contributed by atoms with Gasteiger partial charge >= 0.3 is 5.97 Å². The number of aliphatic hydroxyl groups excluding tert-OH is 1. The van der Waals surface area contributed by atoms with E-state index in [4.69, 9.17) is 24.5 Å². The molecule has 0 bridgehead atoms. The summed E-state index contributed by atoms with van der Waals surface area (Å²) in [4.78, 5) is 25.2. The zero-order valence-electron chi connectivity index (χ0n) is 23.3. The lowest BCUT2D eigenvalue weighted by Gasteiger charge is -2.27. The van der Waals surface area contributed by atoms with Crippen LogP contribution in [-0.2, 0) is 23.4 Å². The van der Waals surface area contributed by atoms with Gasteiger partial charge in [0.15, 0.2) is 11.2 Å². The number of hydrogen-bond donors (Lipinski definition) is 4. The summed E-state index contributed by atoms with van der Waals surface area (Å²) in [5.41, 5.74) is 3.63. The van der Waals surface area contributed by atoms with Crippen molar-refractivity contribution in [3.63, 3.8) is 0 Å². The van der Waals surface area contributed by atoms with Gasteiger partial charge in [-0.1, -0.05) is 13.8 Å². The molecule has 2 aliphatic rings. The SMILES string of the molecule is CCOc1nc(N)nc2c1ncn2C1C2(C)OC(COP(C)(=O)NC(CC(C)C)C(=O)OC(C)C)C(O)C12O. The van der Waals surface area contributed by atoms with Crippen molar-refractivity contribution < 1.29 is 38.3 Å². The quantitative estimate of drug-likeness (QED) is 0.212. The number of carbonyl (C=O) groups excluding carboxylic acids is 1. The van der Waals surface area contributed by atoms with Crippen molar-refractivity contribution >= 4 is 30.6 Å². The highest BCUT2D eigenvalue weighted by molar-refractivity contribution is 7.56. The third kappa shape index (κ3) is 5.38. The summed E-state index contributed by atoms with van der Waals surface area (Å²) in [5.74, 6) is -0.196. The second-order valence-electron chi connectivity index (χ2n) is 11.0. The number of aromatic nitrogens is 4. The number of aliphatic hydroxyl groups is 2. The minimum absolute atomic E-state index is 0.0253. The number of ether oxygens (including phenoxy) is 3. The number of imidazole rings is 1. The Morgan fingerprint density at radius 2 is 2.03 bits per heavy atom. The molecule has 0 aromatic carbocycles. The van der Waals surface area contributed by atoms with E-state index in [-0.39, 0.29) is 30.5 Å². The topological polar surface area (TPSA) is 193 Å². The van der Waals surface area contributed by atoms with Crippen LogP contribution < -0.4 is 15.6 Å². The first kappa shape index (κ1) is 29.6. The van der Waals surface area contributed by atoms with Crippen LogP contribution in [0, 0.1) is 5.92 Å². The summed E-state index contributed by atoms with van der Waals surface area (Å²) in [6.07, 6.45) is -0.827. The molecule has 15 heteroatoms. The van der Waals surface area contributed by atoms with Crippen LogP contribution in [-0.4, -0.2) is 91.1 Å². The average Bonchev–Trinajstić information content (AvgIpc) is 3.05. The van der Waals surface area contributed by atoms with Crippen LogP contribution in [0.4, 0.5) is 5.95 Å². The van der Waals surface area contributed by atoms with Crippen molar-refractivity contribution in [2.75, 3.05) is 25.6 Å². The van der Waals surface area contributed by atoms with Gasteiger partial charge in [0.05, 0.1) is 25.6 Å². The first-order chi connectivity index (χ1) is 18.1. The van der Waals surface area contributed by atoms with Gasteiger partial charge in [-0.15, -0.1) is 0 Å². The van der Waals surface area contributed by atoms with Crippen molar-refractivity contribution in [2.45, 2.75) is 89.6 Å². The van der Waals surface area contributed by atoms with Gasteiger partial charge in [0, 0.05) is 6.66 Å². The molecular weight excluding hydrogens is 531 g/mol. The summed E-state index contributed by atoms with van der Waals surface area (Å²) in [5, 5.41) is 25.4. The first-order valence-corrected chi connectivity index (χ1v) is 15.1. The molecule has 1 aliphatic carbocycles. The van der Waals surface area contributed by atoms with E-state index in [1.54, 1.807) is 32.3 Å². The van der Waals surface area contributed by atoms with E-state index in [0.29, 0.717) is 24.2 Å². The minimum atomic E-state index is -3.53. The molecular formula is C24H39N6O8P. The second-order valence-corrected chi connectivity index (χ2v) is 13.2. The fourth-order valence-corrected chi connectivity index (χ4v) is 6.60. The Balaban J connectivity index is 1.46. The zero-order valence-corrected chi connectivity index (χ0v) is 24.2. The number of hydrogen-bond acceptors (Lipinski definition) is 12. The lowest BCUT2D eigenvalue weighted by atomic mass is 10.0. The number of nitrogens with one attached hydrogen (secondary N) is 1. The van der Waals surface area contributed by atoms with E-state index in [2.05, 4.69) is 20.0 Å². The lowest BCUT2D eigenvalue weighted by molar-refractivity contribution is -0.150. The highest BCUT2D eigenvalue weighted by Crippen LogP contribution is 2.68. The van der Waals surface area contributed by atoms with Crippen molar-refractivity contribution in [3.8, 4) is 5.88 Å². The molecule has 1 saturated carbocycles. The molecule has 0 amide bonds. The van der Waals surface area contributed by atoms with E-state index in [0.717, 1.165) is 0 Å². The van der Waals surface area contributed by atoms with Gasteiger partial charge in [-0.3, -0.25) is 9.36 Å². The Kier molecular flexibility index (Phi) is 8.03. The van der Waals surface area contributed by atoms with Crippen molar-refractivity contribution in [1.82, 2.24) is 24.6 Å². The number of nitrogens with zero attached hydrogens (tertiary/aromatic N) is 4. The maximum Gasteiger partial charge on any atom is 0.323 e. The van der Waals surface area contributed by atoms with Gasteiger partial charge in [0.1, 0.15) is 35.5 Å². The molecule has 0 spiro atoms. The van der Waals surface area contributed by atoms with Crippen molar-refractivity contribution in [2.24, 2.45) is 5.92 Å². The van der Waals surface area contributed by atoms with Crippen LogP contribution in [0.2, 0.25) is 0 Å². The van der Waals surface area contributed by atoms with Crippen LogP contribution in [0.1, 0.15) is 54.0 Å². The Labute approximate surface area is 227 Å². The number of carbonyl (C=O) groups is 1. The molecule has 3 heterocycles. The van der Waals surface area contributed by atoms with Crippen LogP contribution in [0.25, 0.3) is 11.2 Å². The molecule has 1 saturated heterocycles. The lowest BCUT2D eigenvalue weighted by Crippen LogP contribution is -2.41. The van der Waals surface area contributed by atoms with E-state index in [1.165, 1.54) is 13.0 Å². The van der Waals surface area contributed by atoms with E-state index in [9.17, 15) is 19.6 Å². The van der Waals surface area contributed by atoms with Gasteiger partial charge in [-0.2, -0.15) is 9.97 Å². The molecule has 2 aromatic rings. The van der Waals surface area contributed by atoms with E-state index in [1.807, 2.05) is 13.8 Å². The number of fused-ring (bicyclic) bond motifs is 2. The monoisotopic (exact) mass is 570 g/mol. The number of anilines is 1. The Hall–Kier alpha value is -2.35. The van der Waals surface area contributed by atoms with Crippen molar-refractivity contribution in [1.29, 1.82) is 0 Å². The molecule has 0 radical (unpaired) electrons. The fraction of sp³-hybridized carbons (Fsp3) is 0.750.